The number of halogens is 1. The van der Waals surface area contributed by atoms with Crippen molar-refractivity contribution in [1.29, 1.82) is 0 Å². The van der Waals surface area contributed by atoms with Crippen molar-refractivity contribution in [2.45, 2.75) is 24.8 Å². The summed E-state index contributed by atoms with van der Waals surface area (Å²) in [6.07, 6.45) is 0. The van der Waals surface area contributed by atoms with Crippen LogP contribution in [0.1, 0.15) is 13.8 Å². The van der Waals surface area contributed by atoms with Crippen molar-refractivity contribution >= 4 is 33.8 Å². The molecule has 1 atom stereocenters. The molecule has 0 aliphatic carbocycles. The van der Waals surface area contributed by atoms with Gasteiger partial charge in [0.05, 0.1) is 0 Å². The van der Waals surface area contributed by atoms with Crippen LogP contribution >= 0.6 is 27.9 Å². The Hall–Kier alpha value is -1.34. The smallest absolute Gasteiger partial charge is 0.261 e. The molecule has 0 radical (unpaired) electrons. The molecule has 0 heterocycles. The zero-order valence-electron chi connectivity index (χ0n) is 12.9. The molecule has 3 N–H and O–H groups in total. The van der Waals surface area contributed by atoms with Gasteiger partial charge in [-0.05, 0) is 53.3 Å². The second-order valence-corrected chi connectivity index (χ2v) is 7.28. The summed E-state index contributed by atoms with van der Waals surface area (Å²) < 4.78 is 4.15. The minimum atomic E-state index is -0.462. The summed E-state index contributed by atoms with van der Waals surface area (Å²) in [7, 11) is 0. The lowest BCUT2D eigenvalue weighted by atomic mass is 10.1. The Balaban J connectivity index is 2.02. The Bertz CT molecular complexity index is 645. The molecule has 2 aromatic rings. The van der Waals surface area contributed by atoms with Crippen molar-refractivity contribution in [2.75, 3.05) is 0 Å². The summed E-state index contributed by atoms with van der Waals surface area (Å²) in [5.74, 6) is -0.365. The average Bonchev–Trinajstić information content (AvgIpc) is 2.56. The minimum absolute atomic E-state index is 0.0664. The highest BCUT2D eigenvalue weighted by molar-refractivity contribution is 9.10. The number of carbonyl (C=O) groups excluding carboxylic acids is 1. The molecule has 23 heavy (non-hydrogen) atoms. The van der Waals surface area contributed by atoms with Gasteiger partial charge in [0, 0.05) is 9.37 Å². The fraction of sp³-hybridized carbons (Fsp3) is 0.235. The Morgan fingerprint density at radius 1 is 1.04 bits per heavy atom. The van der Waals surface area contributed by atoms with Crippen LogP contribution in [0.2, 0.25) is 0 Å². The van der Waals surface area contributed by atoms with Crippen LogP contribution in [0.25, 0.3) is 11.1 Å². The molecule has 0 aromatic heterocycles. The first-order valence-electron chi connectivity index (χ1n) is 7.23. The molecule has 2 aromatic carbocycles. The van der Waals surface area contributed by atoms with Crippen LogP contribution in [0.5, 0.6) is 0 Å². The molecule has 1 unspecified atom stereocenters. The number of amides is 1. The van der Waals surface area contributed by atoms with E-state index >= 15 is 0 Å². The minimum Gasteiger partial charge on any atom is -0.289 e. The van der Waals surface area contributed by atoms with Gasteiger partial charge in [-0.2, -0.15) is 0 Å². The first kappa shape index (κ1) is 18.0. The van der Waals surface area contributed by atoms with E-state index in [1.165, 1.54) is 11.9 Å². The van der Waals surface area contributed by atoms with Crippen LogP contribution < -0.4 is 10.2 Å². The van der Waals surface area contributed by atoms with Crippen molar-refractivity contribution in [3.8, 4) is 11.1 Å². The van der Waals surface area contributed by atoms with Crippen molar-refractivity contribution in [2.24, 2.45) is 5.92 Å². The van der Waals surface area contributed by atoms with Gasteiger partial charge in [0.15, 0.2) is 0 Å². The van der Waals surface area contributed by atoms with Gasteiger partial charge in [-0.1, -0.05) is 54.0 Å². The predicted molar refractivity (Wildman–Crippen MR) is 97.1 cm³/mol. The molecule has 0 fully saturated rings. The fourth-order valence-electron chi connectivity index (χ4n) is 2.05. The molecule has 0 aliphatic heterocycles. The molecule has 0 aliphatic rings. The van der Waals surface area contributed by atoms with Gasteiger partial charge in [-0.15, -0.1) is 0 Å². The quantitative estimate of drug-likeness (QED) is 0.389. The maximum Gasteiger partial charge on any atom is 0.261 e. The number of benzene rings is 2. The second-order valence-electron chi connectivity index (χ2n) is 5.45. The average molecular weight is 395 g/mol. The molecule has 0 bridgehead atoms. The summed E-state index contributed by atoms with van der Waals surface area (Å²) in [5, 5.41) is 8.78. The number of hydroxylamine groups is 1. The van der Waals surface area contributed by atoms with Crippen LogP contribution in [0, 0.1) is 5.92 Å². The van der Waals surface area contributed by atoms with Gasteiger partial charge in [0.25, 0.3) is 5.91 Å². The van der Waals surface area contributed by atoms with E-state index in [9.17, 15) is 4.79 Å². The summed E-state index contributed by atoms with van der Waals surface area (Å²) in [5.41, 5.74) is 3.98. The SMILES string of the molecule is CC(C)C(NSc1ccc(-c2ccc(Br)cc2)cc1)C(=O)NO. The molecule has 0 spiro atoms. The normalized spacial score (nSPS) is 12.2. The van der Waals surface area contributed by atoms with Gasteiger partial charge < -0.3 is 0 Å². The maximum atomic E-state index is 11.6. The van der Waals surface area contributed by atoms with E-state index in [0.717, 1.165) is 20.5 Å². The molecular weight excluding hydrogens is 376 g/mol. The van der Waals surface area contributed by atoms with E-state index < -0.39 is 11.9 Å². The number of rotatable bonds is 6. The maximum absolute atomic E-state index is 11.6. The first-order chi connectivity index (χ1) is 11.0. The highest BCUT2D eigenvalue weighted by Gasteiger charge is 2.21. The van der Waals surface area contributed by atoms with Crippen LogP contribution in [-0.2, 0) is 4.79 Å². The zero-order chi connectivity index (χ0) is 16.8. The van der Waals surface area contributed by atoms with Crippen LogP contribution in [0.15, 0.2) is 57.9 Å². The molecular formula is C17H19BrN2O2S. The highest BCUT2D eigenvalue weighted by atomic mass is 79.9. The highest BCUT2D eigenvalue weighted by Crippen LogP contribution is 2.25. The molecule has 2 rings (SSSR count). The second kappa shape index (κ2) is 8.49. The lowest BCUT2D eigenvalue weighted by molar-refractivity contribution is -0.131. The number of hydrogen-bond donors (Lipinski definition) is 3. The standard InChI is InChI=1S/C17H19BrN2O2S/c1-11(2)16(17(21)19-22)20-23-15-9-5-13(6-10-15)12-3-7-14(18)8-4-12/h3-11,16,20,22H,1-2H3,(H,19,21). The Labute approximate surface area is 148 Å². The van der Waals surface area contributed by atoms with Crippen LogP contribution in [0.4, 0.5) is 0 Å². The van der Waals surface area contributed by atoms with Crippen molar-refractivity contribution in [1.82, 2.24) is 10.2 Å². The van der Waals surface area contributed by atoms with Gasteiger partial charge in [-0.3, -0.25) is 10.0 Å². The largest absolute Gasteiger partial charge is 0.289 e. The summed E-state index contributed by atoms with van der Waals surface area (Å²) >= 11 is 4.81. The van der Waals surface area contributed by atoms with Crippen molar-refractivity contribution < 1.29 is 10.0 Å². The third-order valence-corrected chi connectivity index (χ3v) is 4.80. The van der Waals surface area contributed by atoms with Gasteiger partial charge in [0.1, 0.15) is 6.04 Å². The van der Waals surface area contributed by atoms with E-state index in [2.05, 4.69) is 32.8 Å². The molecule has 122 valence electrons. The van der Waals surface area contributed by atoms with Gasteiger partial charge >= 0.3 is 0 Å². The van der Waals surface area contributed by atoms with Crippen LogP contribution in [-0.4, -0.2) is 17.2 Å². The van der Waals surface area contributed by atoms with E-state index in [1.54, 1.807) is 5.48 Å². The van der Waals surface area contributed by atoms with E-state index in [1.807, 2.05) is 50.2 Å². The van der Waals surface area contributed by atoms with E-state index in [0.29, 0.717) is 0 Å². The summed E-state index contributed by atoms with van der Waals surface area (Å²) in [6, 6.07) is 15.8. The summed E-state index contributed by atoms with van der Waals surface area (Å²) in [4.78, 5) is 12.6. The fourth-order valence-corrected chi connectivity index (χ4v) is 3.23. The number of hydrogen-bond acceptors (Lipinski definition) is 4. The van der Waals surface area contributed by atoms with E-state index in [-0.39, 0.29) is 5.92 Å². The third kappa shape index (κ3) is 5.07. The predicted octanol–water partition coefficient (Wildman–Crippen LogP) is 4.24. The number of nitrogens with one attached hydrogen (secondary N) is 2. The van der Waals surface area contributed by atoms with Crippen molar-refractivity contribution in [3.05, 3.63) is 53.0 Å². The Morgan fingerprint density at radius 2 is 1.57 bits per heavy atom. The van der Waals surface area contributed by atoms with Crippen LogP contribution in [0.3, 0.4) is 0 Å². The number of carbonyl (C=O) groups is 1. The zero-order valence-corrected chi connectivity index (χ0v) is 15.3. The molecule has 0 saturated heterocycles. The topological polar surface area (TPSA) is 61.4 Å². The van der Waals surface area contributed by atoms with Gasteiger partial charge in [-0.25, -0.2) is 10.2 Å². The molecule has 1 amide bonds. The third-order valence-electron chi connectivity index (χ3n) is 3.39. The Morgan fingerprint density at radius 3 is 2.04 bits per heavy atom. The Kier molecular flexibility index (Phi) is 6.65. The summed E-state index contributed by atoms with van der Waals surface area (Å²) in [6.45, 7) is 3.84. The molecule has 0 saturated carbocycles. The molecule has 4 nitrogen and oxygen atoms in total. The van der Waals surface area contributed by atoms with Gasteiger partial charge in [0.2, 0.25) is 0 Å². The monoisotopic (exact) mass is 394 g/mol. The van der Waals surface area contributed by atoms with Crippen molar-refractivity contribution in [3.63, 3.8) is 0 Å². The first-order valence-corrected chi connectivity index (χ1v) is 8.84. The lowest BCUT2D eigenvalue weighted by Gasteiger charge is -2.19. The molecule has 6 heteroatoms. The van der Waals surface area contributed by atoms with E-state index in [4.69, 9.17) is 5.21 Å². The lowest BCUT2D eigenvalue weighted by Crippen LogP contribution is -2.43.